The number of nitrogens with zero attached hydrogens (tertiary/aromatic N) is 1. The van der Waals surface area contributed by atoms with Gasteiger partial charge in [0.15, 0.2) is 0 Å². The molecule has 0 atom stereocenters. The highest BCUT2D eigenvalue weighted by atomic mass is 19.1. The second-order valence-corrected chi connectivity index (χ2v) is 4.54. The van der Waals surface area contributed by atoms with Crippen LogP contribution in [0.2, 0.25) is 0 Å². The molecule has 0 saturated carbocycles. The van der Waals surface area contributed by atoms with Crippen LogP contribution in [-0.4, -0.2) is 6.54 Å². The lowest BCUT2D eigenvalue weighted by Gasteiger charge is -2.09. The minimum absolute atomic E-state index is 0.00777. The van der Waals surface area contributed by atoms with Gasteiger partial charge in [0, 0.05) is 11.6 Å². The molecule has 0 radical (unpaired) electrons. The number of hydrogen-bond donors (Lipinski definition) is 1. The number of halogens is 2. The van der Waals surface area contributed by atoms with Crippen molar-refractivity contribution in [2.45, 2.75) is 13.0 Å². The molecule has 0 unspecified atom stereocenters. The SMILES string of the molecule is N#Cc1ccc(F)cc1COc1cc(F)cc(CCN)c1. The number of benzene rings is 2. The van der Waals surface area contributed by atoms with Gasteiger partial charge in [-0.15, -0.1) is 0 Å². The zero-order valence-corrected chi connectivity index (χ0v) is 11.3. The molecule has 0 spiro atoms. The molecular formula is C16H14F2N2O. The van der Waals surface area contributed by atoms with Gasteiger partial charge in [0.25, 0.3) is 0 Å². The molecule has 0 fully saturated rings. The summed E-state index contributed by atoms with van der Waals surface area (Å²) in [6.07, 6.45) is 0.539. The molecule has 0 aliphatic rings. The summed E-state index contributed by atoms with van der Waals surface area (Å²) in [6, 6.07) is 10.1. The third kappa shape index (κ3) is 4.01. The minimum atomic E-state index is -0.448. The van der Waals surface area contributed by atoms with Gasteiger partial charge in [-0.1, -0.05) is 0 Å². The van der Waals surface area contributed by atoms with Gasteiger partial charge in [-0.05, 0) is 48.9 Å². The molecular weight excluding hydrogens is 274 g/mol. The van der Waals surface area contributed by atoms with Crippen molar-refractivity contribution in [1.82, 2.24) is 0 Å². The summed E-state index contributed by atoms with van der Waals surface area (Å²) in [7, 11) is 0. The van der Waals surface area contributed by atoms with Crippen molar-refractivity contribution in [3.8, 4) is 11.8 Å². The first kappa shape index (κ1) is 14.9. The first-order chi connectivity index (χ1) is 10.1. The molecule has 21 heavy (non-hydrogen) atoms. The van der Waals surface area contributed by atoms with Gasteiger partial charge in [0.1, 0.15) is 24.0 Å². The van der Waals surface area contributed by atoms with E-state index in [9.17, 15) is 8.78 Å². The van der Waals surface area contributed by atoms with E-state index in [1.807, 2.05) is 6.07 Å². The fourth-order valence-electron chi connectivity index (χ4n) is 1.97. The molecule has 2 aromatic rings. The van der Waals surface area contributed by atoms with E-state index in [1.165, 1.54) is 30.3 Å². The van der Waals surface area contributed by atoms with E-state index in [0.29, 0.717) is 29.8 Å². The maximum absolute atomic E-state index is 13.5. The zero-order valence-electron chi connectivity index (χ0n) is 11.3. The van der Waals surface area contributed by atoms with E-state index in [-0.39, 0.29) is 6.61 Å². The van der Waals surface area contributed by atoms with Gasteiger partial charge in [-0.3, -0.25) is 0 Å². The smallest absolute Gasteiger partial charge is 0.127 e. The summed E-state index contributed by atoms with van der Waals surface area (Å²) >= 11 is 0. The Labute approximate surface area is 121 Å². The lowest BCUT2D eigenvalue weighted by Crippen LogP contribution is -2.04. The molecule has 3 nitrogen and oxygen atoms in total. The number of nitriles is 1. The van der Waals surface area contributed by atoms with Gasteiger partial charge in [-0.2, -0.15) is 5.26 Å². The fraction of sp³-hybridized carbons (Fsp3) is 0.188. The largest absolute Gasteiger partial charge is 0.489 e. The number of nitrogens with two attached hydrogens (primary N) is 1. The third-order valence-electron chi connectivity index (χ3n) is 2.95. The summed E-state index contributed by atoms with van der Waals surface area (Å²) < 4.78 is 32.1. The summed E-state index contributed by atoms with van der Waals surface area (Å²) in [5.41, 5.74) is 6.92. The van der Waals surface area contributed by atoms with Gasteiger partial charge < -0.3 is 10.5 Å². The van der Waals surface area contributed by atoms with Crippen LogP contribution >= 0.6 is 0 Å². The van der Waals surface area contributed by atoms with Crippen LogP contribution in [0.5, 0.6) is 5.75 Å². The van der Waals surface area contributed by atoms with Crippen LogP contribution in [0.1, 0.15) is 16.7 Å². The van der Waals surface area contributed by atoms with Crippen LogP contribution in [0.4, 0.5) is 8.78 Å². The maximum Gasteiger partial charge on any atom is 0.127 e. The Kier molecular flexibility index (Phi) is 4.85. The summed E-state index contributed by atoms with van der Waals surface area (Å²) in [5.74, 6) is -0.544. The average molecular weight is 288 g/mol. The lowest BCUT2D eigenvalue weighted by molar-refractivity contribution is 0.303. The van der Waals surface area contributed by atoms with E-state index >= 15 is 0 Å². The third-order valence-corrected chi connectivity index (χ3v) is 2.95. The molecule has 5 heteroatoms. The van der Waals surface area contributed by atoms with Gasteiger partial charge in [0.2, 0.25) is 0 Å². The molecule has 0 heterocycles. The fourth-order valence-corrected chi connectivity index (χ4v) is 1.97. The Balaban J connectivity index is 2.17. The highest BCUT2D eigenvalue weighted by Gasteiger charge is 2.06. The quantitative estimate of drug-likeness (QED) is 0.920. The molecule has 0 bridgehead atoms. The molecule has 0 saturated heterocycles. The predicted octanol–water partition coefficient (Wildman–Crippen LogP) is 2.92. The molecule has 0 aliphatic carbocycles. The Hall–Kier alpha value is -2.45. The van der Waals surface area contributed by atoms with Crippen molar-refractivity contribution in [3.05, 3.63) is 64.7 Å². The van der Waals surface area contributed by atoms with Crippen LogP contribution in [0.3, 0.4) is 0 Å². The zero-order chi connectivity index (χ0) is 15.2. The van der Waals surface area contributed by atoms with Gasteiger partial charge in [-0.25, -0.2) is 8.78 Å². The summed E-state index contributed by atoms with van der Waals surface area (Å²) in [5, 5.41) is 8.96. The Morgan fingerprint density at radius 3 is 2.62 bits per heavy atom. The monoisotopic (exact) mass is 288 g/mol. The van der Waals surface area contributed by atoms with E-state index < -0.39 is 11.6 Å². The van der Waals surface area contributed by atoms with Crippen LogP contribution < -0.4 is 10.5 Å². The molecule has 0 aromatic heterocycles. The molecule has 2 aromatic carbocycles. The molecule has 108 valence electrons. The van der Waals surface area contributed by atoms with Crippen molar-refractivity contribution in [2.75, 3.05) is 6.54 Å². The number of ether oxygens (including phenoxy) is 1. The molecule has 2 rings (SSSR count). The van der Waals surface area contributed by atoms with Crippen LogP contribution in [0, 0.1) is 23.0 Å². The molecule has 0 aliphatic heterocycles. The molecule has 0 amide bonds. The van der Waals surface area contributed by atoms with Crippen LogP contribution in [0.25, 0.3) is 0 Å². The second-order valence-electron chi connectivity index (χ2n) is 4.54. The van der Waals surface area contributed by atoms with E-state index in [0.717, 1.165) is 5.56 Å². The van der Waals surface area contributed by atoms with Crippen molar-refractivity contribution < 1.29 is 13.5 Å². The number of hydrogen-bond acceptors (Lipinski definition) is 3. The van der Waals surface area contributed by atoms with Crippen LogP contribution in [0.15, 0.2) is 36.4 Å². The normalized spacial score (nSPS) is 10.2. The maximum atomic E-state index is 13.5. The standard InChI is InChI=1S/C16H14F2N2O/c17-14-2-1-12(9-20)13(7-14)10-21-16-6-11(3-4-19)5-15(18)8-16/h1-2,5-8H,3-4,10,19H2. The Morgan fingerprint density at radius 2 is 1.90 bits per heavy atom. The lowest BCUT2D eigenvalue weighted by atomic mass is 10.1. The van der Waals surface area contributed by atoms with Gasteiger partial charge in [0.05, 0.1) is 11.6 Å². The Morgan fingerprint density at radius 1 is 1.10 bits per heavy atom. The minimum Gasteiger partial charge on any atom is -0.489 e. The highest BCUT2D eigenvalue weighted by Crippen LogP contribution is 2.19. The summed E-state index contributed by atoms with van der Waals surface area (Å²) in [6.45, 7) is 0.400. The van der Waals surface area contributed by atoms with Crippen molar-refractivity contribution >= 4 is 0 Å². The van der Waals surface area contributed by atoms with Crippen molar-refractivity contribution in [3.63, 3.8) is 0 Å². The number of rotatable bonds is 5. The van der Waals surface area contributed by atoms with Crippen LogP contribution in [-0.2, 0) is 13.0 Å². The second kappa shape index (κ2) is 6.82. The predicted molar refractivity (Wildman–Crippen MR) is 74.6 cm³/mol. The summed E-state index contributed by atoms with van der Waals surface area (Å²) in [4.78, 5) is 0. The van der Waals surface area contributed by atoms with Crippen molar-refractivity contribution in [1.29, 1.82) is 5.26 Å². The van der Waals surface area contributed by atoms with E-state index in [1.54, 1.807) is 6.07 Å². The Bertz CT molecular complexity index is 680. The first-order valence-corrected chi connectivity index (χ1v) is 6.43. The average Bonchev–Trinajstić information content (AvgIpc) is 2.45. The highest BCUT2D eigenvalue weighted by molar-refractivity contribution is 5.38. The first-order valence-electron chi connectivity index (χ1n) is 6.43. The van der Waals surface area contributed by atoms with Crippen molar-refractivity contribution in [2.24, 2.45) is 5.73 Å². The van der Waals surface area contributed by atoms with Gasteiger partial charge >= 0.3 is 0 Å². The topological polar surface area (TPSA) is 59.0 Å². The van der Waals surface area contributed by atoms with E-state index in [2.05, 4.69) is 0 Å². The molecule has 2 N–H and O–H groups in total. The van der Waals surface area contributed by atoms with E-state index in [4.69, 9.17) is 15.7 Å².